The molecule has 0 amide bonds. The standard InChI is InChI=1S/C21H28N2O3S/c1-4-16-13-15(2)14-22-20(16)17-5-7-19(8-6-17)27(25,26)23-18-9-11-21(3,24)12-10-18/h5-8,13-14,18,23-24H,4,9-12H2,1-3H3. The van der Waals surface area contributed by atoms with Gasteiger partial charge in [0.2, 0.25) is 10.0 Å². The lowest BCUT2D eigenvalue weighted by molar-refractivity contribution is 0.0163. The number of nitrogens with zero attached hydrogens (tertiary/aromatic N) is 1. The highest BCUT2D eigenvalue weighted by Crippen LogP contribution is 2.29. The highest BCUT2D eigenvalue weighted by atomic mass is 32.2. The largest absolute Gasteiger partial charge is 0.390 e. The fourth-order valence-electron chi connectivity index (χ4n) is 3.60. The van der Waals surface area contributed by atoms with Gasteiger partial charge in [-0.1, -0.05) is 25.1 Å². The van der Waals surface area contributed by atoms with Gasteiger partial charge in [-0.15, -0.1) is 0 Å². The first-order valence-electron chi connectivity index (χ1n) is 9.51. The molecule has 5 nitrogen and oxygen atoms in total. The fourth-order valence-corrected chi connectivity index (χ4v) is 4.90. The molecule has 1 fully saturated rings. The van der Waals surface area contributed by atoms with Gasteiger partial charge in [0, 0.05) is 17.8 Å². The van der Waals surface area contributed by atoms with Crippen molar-refractivity contribution in [3.63, 3.8) is 0 Å². The lowest BCUT2D eigenvalue weighted by atomic mass is 9.84. The Balaban J connectivity index is 1.77. The molecular weight excluding hydrogens is 360 g/mol. The Morgan fingerprint density at radius 3 is 2.44 bits per heavy atom. The van der Waals surface area contributed by atoms with Crippen LogP contribution in [0.2, 0.25) is 0 Å². The number of pyridine rings is 1. The first kappa shape index (κ1) is 20.0. The van der Waals surface area contributed by atoms with E-state index in [0.717, 1.165) is 28.8 Å². The minimum Gasteiger partial charge on any atom is -0.390 e. The van der Waals surface area contributed by atoms with Crippen molar-refractivity contribution in [2.24, 2.45) is 0 Å². The van der Waals surface area contributed by atoms with E-state index in [9.17, 15) is 13.5 Å². The van der Waals surface area contributed by atoms with E-state index in [0.29, 0.717) is 25.7 Å². The van der Waals surface area contributed by atoms with Gasteiger partial charge in [0.05, 0.1) is 16.2 Å². The minimum absolute atomic E-state index is 0.125. The van der Waals surface area contributed by atoms with Crippen LogP contribution >= 0.6 is 0 Å². The SMILES string of the molecule is CCc1cc(C)cnc1-c1ccc(S(=O)(=O)NC2CCC(C)(O)CC2)cc1. The second-order valence-corrected chi connectivity index (χ2v) is 9.50. The average molecular weight is 389 g/mol. The highest BCUT2D eigenvalue weighted by molar-refractivity contribution is 7.89. The van der Waals surface area contributed by atoms with Crippen LogP contribution in [0, 0.1) is 6.92 Å². The van der Waals surface area contributed by atoms with E-state index in [-0.39, 0.29) is 10.9 Å². The molecule has 1 heterocycles. The van der Waals surface area contributed by atoms with Gasteiger partial charge in [0.1, 0.15) is 0 Å². The van der Waals surface area contributed by atoms with Crippen LogP contribution < -0.4 is 4.72 Å². The lowest BCUT2D eigenvalue weighted by Crippen LogP contribution is -2.42. The predicted octanol–water partition coefficient (Wildman–Crippen LogP) is 3.59. The molecule has 2 N–H and O–H groups in total. The van der Waals surface area contributed by atoms with E-state index in [1.165, 1.54) is 0 Å². The summed E-state index contributed by atoms with van der Waals surface area (Å²) < 4.78 is 28.2. The number of nitrogens with one attached hydrogen (secondary N) is 1. The number of aryl methyl sites for hydroxylation is 2. The first-order valence-corrected chi connectivity index (χ1v) is 11.0. The van der Waals surface area contributed by atoms with Gasteiger partial charge in [-0.3, -0.25) is 4.98 Å². The van der Waals surface area contributed by atoms with E-state index in [1.807, 2.05) is 25.3 Å². The second-order valence-electron chi connectivity index (χ2n) is 7.79. The van der Waals surface area contributed by atoms with Gasteiger partial charge in [-0.2, -0.15) is 0 Å². The average Bonchev–Trinajstić information content (AvgIpc) is 2.63. The second kappa shape index (κ2) is 7.70. The van der Waals surface area contributed by atoms with Crippen LogP contribution in [0.3, 0.4) is 0 Å². The molecule has 1 aromatic carbocycles. The van der Waals surface area contributed by atoms with Crippen molar-refractivity contribution in [1.29, 1.82) is 0 Å². The third-order valence-electron chi connectivity index (χ3n) is 5.31. The zero-order valence-corrected chi connectivity index (χ0v) is 17.0. The molecule has 0 spiro atoms. The number of hydrogen-bond acceptors (Lipinski definition) is 4. The summed E-state index contributed by atoms with van der Waals surface area (Å²) in [7, 11) is -3.57. The fraction of sp³-hybridized carbons (Fsp3) is 0.476. The maximum Gasteiger partial charge on any atom is 0.240 e. The number of sulfonamides is 1. The van der Waals surface area contributed by atoms with E-state index >= 15 is 0 Å². The molecule has 146 valence electrons. The monoisotopic (exact) mass is 388 g/mol. The molecule has 0 saturated heterocycles. The van der Waals surface area contributed by atoms with Crippen LogP contribution in [0.15, 0.2) is 41.4 Å². The van der Waals surface area contributed by atoms with E-state index in [4.69, 9.17) is 0 Å². The van der Waals surface area contributed by atoms with Crippen LogP contribution in [-0.2, 0) is 16.4 Å². The molecule has 27 heavy (non-hydrogen) atoms. The van der Waals surface area contributed by atoms with Gasteiger partial charge >= 0.3 is 0 Å². The summed E-state index contributed by atoms with van der Waals surface area (Å²) in [6, 6.07) is 8.90. The van der Waals surface area contributed by atoms with Crippen molar-refractivity contribution in [2.75, 3.05) is 0 Å². The summed E-state index contributed by atoms with van der Waals surface area (Å²) in [6.07, 6.45) is 5.22. The summed E-state index contributed by atoms with van der Waals surface area (Å²) in [5.41, 5.74) is 3.40. The molecule has 1 saturated carbocycles. The Hall–Kier alpha value is -1.76. The molecular formula is C21H28N2O3S. The molecule has 6 heteroatoms. The molecule has 0 radical (unpaired) electrons. The Morgan fingerprint density at radius 2 is 1.85 bits per heavy atom. The zero-order valence-electron chi connectivity index (χ0n) is 16.2. The van der Waals surface area contributed by atoms with Gasteiger partial charge in [-0.25, -0.2) is 13.1 Å². The maximum atomic E-state index is 12.7. The van der Waals surface area contributed by atoms with Crippen LogP contribution in [0.5, 0.6) is 0 Å². The maximum absolute atomic E-state index is 12.7. The van der Waals surface area contributed by atoms with E-state index < -0.39 is 15.6 Å². The van der Waals surface area contributed by atoms with Gasteiger partial charge in [0.15, 0.2) is 0 Å². The molecule has 1 aromatic heterocycles. The van der Waals surface area contributed by atoms with Crippen molar-refractivity contribution in [1.82, 2.24) is 9.71 Å². The third kappa shape index (κ3) is 4.75. The van der Waals surface area contributed by atoms with Crippen LogP contribution in [0.1, 0.15) is 50.7 Å². The zero-order chi connectivity index (χ0) is 19.7. The summed E-state index contributed by atoms with van der Waals surface area (Å²) in [5.74, 6) is 0. The first-order chi connectivity index (χ1) is 12.7. The van der Waals surface area contributed by atoms with Gasteiger partial charge in [0.25, 0.3) is 0 Å². The van der Waals surface area contributed by atoms with Crippen LogP contribution in [-0.4, -0.2) is 30.2 Å². The van der Waals surface area contributed by atoms with Gasteiger partial charge < -0.3 is 5.11 Å². The summed E-state index contributed by atoms with van der Waals surface area (Å²) in [6.45, 7) is 5.91. The predicted molar refractivity (Wildman–Crippen MR) is 107 cm³/mol. The molecule has 0 bridgehead atoms. The van der Waals surface area contributed by atoms with Crippen molar-refractivity contribution in [3.05, 3.63) is 47.7 Å². The third-order valence-corrected chi connectivity index (χ3v) is 6.84. The Labute approximate surface area is 161 Å². The van der Waals surface area contributed by atoms with Crippen molar-refractivity contribution in [3.8, 4) is 11.3 Å². The normalized spacial score (nSPS) is 23.3. The molecule has 2 aromatic rings. The molecule has 0 atom stereocenters. The summed E-state index contributed by atoms with van der Waals surface area (Å²) in [4.78, 5) is 4.79. The van der Waals surface area contributed by atoms with Crippen molar-refractivity contribution in [2.45, 2.75) is 69.4 Å². The molecule has 0 aliphatic heterocycles. The van der Waals surface area contributed by atoms with Crippen LogP contribution in [0.25, 0.3) is 11.3 Å². The number of hydrogen-bond donors (Lipinski definition) is 2. The minimum atomic E-state index is -3.57. The number of aliphatic hydroxyl groups is 1. The quantitative estimate of drug-likeness (QED) is 0.820. The smallest absolute Gasteiger partial charge is 0.240 e. The lowest BCUT2D eigenvalue weighted by Gasteiger charge is -2.33. The molecule has 1 aliphatic rings. The summed E-state index contributed by atoms with van der Waals surface area (Å²) >= 11 is 0. The Morgan fingerprint density at radius 1 is 1.22 bits per heavy atom. The van der Waals surface area contributed by atoms with Crippen molar-refractivity contribution >= 4 is 10.0 Å². The Kier molecular flexibility index (Phi) is 5.70. The number of benzene rings is 1. The molecule has 0 unspecified atom stereocenters. The van der Waals surface area contributed by atoms with E-state index in [2.05, 4.69) is 22.7 Å². The molecule has 3 rings (SSSR count). The number of rotatable bonds is 5. The Bertz CT molecular complexity index is 896. The topological polar surface area (TPSA) is 79.3 Å². The van der Waals surface area contributed by atoms with Crippen LogP contribution in [0.4, 0.5) is 0 Å². The van der Waals surface area contributed by atoms with E-state index in [1.54, 1.807) is 19.1 Å². The highest BCUT2D eigenvalue weighted by Gasteiger charge is 2.31. The summed E-state index contributed by atoms with van der Waals surface area (Å²) in [5, 5.41) is 10.0. The molecule has 1 aliphatic carbocycles. The van der Waals surface area contributed by atoms with Gasteiger partial charge in [-0.05, 0) is 69.2 Å². The van der Waals surface area contributed by atoms with Crippen molar-refractivity contribution < 1.29 is 13.5 Å². The number of aromatic nitrogens is 1.